The van der Waals surface area contributed by atoms with Crippen molar-refractivity contribution in [1.29, 1.82) is 0 Å². The number of aryl methyl sites for hydroxylation is 1. The van der Waals surface area contributed by atoms with Crippen molar-refractivity contribution in [3.05, 3.63) is 40.3 Å². The first-order valence-electron chi connectivity index (χ1n) is 3.89. The van der Waals surface area contributed by atoms with Gasteiger partial charge in [0.05, 0.1) is 23.1 Å². The average molecular weight is 213 g/mol. The summed E-state index contributed by atoms with van der Waals surface area (Å²) in [6.45, 7) is 1.89. The lowest BCUT2D eigenvalue weighted by Gasteiger charge is -2.16. The van der Waals surface area contributed by atoms with Crippen LogP contribution in [0.1, 0.15) is 11.1 Å². The maximum absolute atomic E-state index is 10.4. The van der Waals surface area contributed by atoms with Gasteiger partial charge in [-0.1, -0.05) is 29.8 Å². The van der Waals surface area contributed by atoms with Crippen LogP contribution in [0, 0.1) is 11.8 Å². The van der Waals surface area contributed by atoms with Crippen LogP contribution in [-0.2, 0) is 17.8 Å². The third-order valence-electron chi connectivity index (χ3n) is 1.70. The molecule has 6 heteroatoms. The molecule has 0 heterocycles. The van der Waals surface area contributed by atoms with E-state index in [4.69, 9.17) is 0 Å². The van der Waals surface area contributed by atoms with Crippen molar-refractivity contribution >= 4 is 11.3 Å². The zero-order valence-electron chi connectivity index (χ0n) is 7.54. The number of nitrogens with zero attached hydrogens (tertiary/aromatic N) is 2. The molecule has 1 atom stereocenters. The molecule has 0 fully saturated rings. The summed E-state index contributed by atoms with van der Waals surface area (Å²) >= 11 is -2.61. The highest BCUT2D eigenvalue weighted by molar-refractivity contribution is 7.76. The van der Waals surface area contributed by atoms with Crippen molar-refractivity contribution in [3.8, 4) is 0 Å². The van der Waals surface area contributed by atoms with Gasteiger partial charge in [0.25, 0.3) is 0 Å². The van der Waals surface area contributed by atoms with Gasteiger partial charge in [-0.05, 0) is 12.5 Å². The minimum atomic E-state index is -2.61. The highest BCUT2D eigenvalue weighted by atomic mass is 32.2. The molecular weight excluding hydrogens is 204 g/mol. The van der Waals surface area contributed by atoms with E-state index in [-0.39, 0.29) is 6.54 Å². The molecule has 0 aromatic heterocycles. The van der Waals surface area contributed by atoms with Gasteiger partial charge < -0.3 is 4.55 Å². The molecule has 1 aromatic carbocycles. The Balaban J connectivity index is 2.72. The van der Waals surface area contributed by atoms with Crippen LogP contribution in [0.15, 0.2) is 29.6 Å². The summed E-state index contributed by atoms with van der Waals surface area (Å²) in [6, 6.07) is 7.18. The summed E-state index contributed by atoms with van der Waals surface area (Å²) < 4.78 is 21.3. The Morgan fingerprint density at radius 1 is 1.43 bits per heavy atom. The second-order valence-corrected chi connectivity index (χ2v) is 3.65. The Kier molecular flexibility index (Phi) is 3.73. The van der Waals surface area contributed by atoms with Crippen LogP contribution in [0.4, 0.5) is 0 Å². The van der Waals surface area contributed by atoms with Crippen molar-refractivity contribution in [1.82, 2.24) is 4.41 Å². The van der Waals surface area contributed by atoms with Crippen LogP contribution in [0.25, 0.3) is 0 Å². The van der Waals surface area contributed by atoms with Gasteiger partial charge in [0.15, 0.2) is 0 Å². The van der Waals surface area contributed by atoms with Crippen molar-refractivity contribution in [3.63, 3.8) is 0 Å². The zero-order valence-corrected chi connectivity index (χ0v) is 8.36. The molecule has 5 nitrogen and oxygen atoms in total. The van der Waals surface area contributed by atoms with Crippen LogP contribution >= 0.6 is 0 Å². The van der Waals surface area contributed by atoms with Gasteiger partial charge >= 0.3 is 0 Å². The molecular formula is C8H9N2O3S-. The smallest absolute Gasteiger partial charge is 0.0779 e. The minimum absolute atomic E-state index is 0.0279. The molecule has 76 valence electrons. The molecule has 0 aliphatic rings. The minimum Gasteiger partial charge on any atom is -0.754 e. The number of nitroso groups, excluding NO2 is 1. The predicted octanol–water partition coefficient (Wildman–Crippen LogP) is 1.27. The van der Waals surface area contributed by atoms with Gasteiger partial charge in [0.2, 0.25) is 0 Å². The van der Waals surface area contributed by atoms with Gasteiger partial charge in [0, 0.05) is 0 Å². The summed E-state index contributed by atoms with van der Waals surface area (Å²) in [5, 5.41) is 2.38. The first kappa shape index (κ1) is 10.8. The summed E-state index contributed by atoms with van der Waals surface area (Å²) in [5.41, 5.74) is 1.79. The maximum Gasteiger partial charge on any atom is 0.0779 e. The van der Waals surface area contributed by atoms with Gasteiger partial charge in [-0.2, -0.15) is 4.41 Å². The van der Waals surface area contributed by atoms with Crippen molar-refractivity contribution in [2.75, 3.05) is 0 Å². The molecule has 0 amide bonds. The highest BCUT2D eigenvalue weighted by Gasteiger charge is 2.03. The molecule has 0 aliphatic carbocycles. The van der Waals surface area contributed by atoms with Crippen LogP contribution in [0.3, 0.4) is 0 Å². The van der Waals surface area contributed by atoms with Gasteiger partial charge in [0.1, 0.15) is 0 Å². The Hall–Kier alpha value is -1.27. The molecule has 1 aromatic rings. The molecule has 0 N–H and O–H groups in total. The van der Waals surface area contributed by atoms with Crippen LogP contribution in [0.2, 0.25) is 0 Å². The van der Waals surface area contributed by atoms with Gasteiger partial charge in [-0.25, -0.2) is 0 Å². The Labute approximate surface area is 84.1 Å². The standard InChI is InChI=1S/C8H10N2O3S/c1-7-2-4-8(5-3-7)6-10(9-11)14(12)13/h2-5H,6H2,1H3,(H,12,13)/p-1. The molecule has 0 saturated carbocycles. The second-order valence-electron chi connectivity index (χ2n) is 2.79. The Morgan fingerprint density at radius 2 is 2.00 bits per heavy atom. The van der Waals surface area contributed by atoms with E-state index in [1.165, 1.54) is 0 Å². The van der Waals surface area contributed by atoms with E-state index in [1.54, 1.807) is 12.1 Å². The number of hydrogen-bond donors (Lipinski definition) is 0. The third-order valence-corrected chi connectivity index (χ3v) is 2.24. The third kappa shape index (κ3) is 2.90. The molecule has 0 radical (unpaired) electrons. The first-order valence-corrected chi connectivity index (χ1v) is 4.92. The lowest BCUT2D eigenvalue weighted by molar-refractivity contribution is 0.394. The fourth-order valence-electron chi connectivity index (χ4n) is 0.958. The number of hydrogen-bond acceptors (Lipinski definition) is 4. The second kappa shape index (κ2) is 4.83. The lowest BCUT2D eigenvalue weighted by atomic mass is 10.1. The normalized spacial score (nSPS) is 12.1. The van der Waals surface area contributed by atoms with E-state index in [9.17, 15) is 13.7 Å². The SMILES string of the molecule is Cc1ccc(CN(N=O)S(=O)[O-])cc1. The first-order chi connectivity index (χ1) is 6.63. The Bertz CT molecular complexity index is 339. The monoisotopic (exact) mass is 213 g/mol. The maximum atomic E-state index is 10.4. The molecule has 1 rings (SSSR count). The van der Waals surface area contributed by atoms with E-state index < -0.39 is 11.3 Å². The summed E-state index contributed by atoms with van der Waals surface area (Å²) in [7, 11) is 0. The molecule has 0 aliphatic heterocycles. The summed E-state index contributed by atoms with van der Waals surface area (Å²) in [6.07, 6.45) is 0. The van der Waals surface area contributed by atoms with E-state index >= 15 is 0 Å². The number of benzene rings is 1. The van der Waals surface area contributed by atoms with E-state index in [0.717, 1.165) is 11.1 Å². The van der Waals surface area contributed by atoms with E-state index in [0.29, 0.717) is 4.41 Å². The largest absolute Gasteiger partial charge is 0.754 e. The molecule has 0 bridgehead atoms. The van der Waals surface area contributed by atoms with Crippen molar-refractivity contribution < 1.29 is 8.76 Å². The van der Waals surface area contributed by atoms with Gasteiger partial charge in [-0.15, -0.1) is 4.91 Å². The van der Waals surface area contributed by atoms with E-state index in [2.05, 4.69) is 5.29 Å². The zero-order chi connectivity index (χ0) is 10.6. The van der Waals surface area contributed by atoms with Crippen LogP contribution in [0.5, 0.6) is 0 Å². The lowest BCUT2D eigenvalue weighted by Crippen LogP contribution is -2.18. The summed E-state index contributed by atoms with van der Waals surface area (Å²) in [5.74, 6) is 0. The fourth-order valence-corrected chi connectivity index (χ4v) is 1.27. The highest BCUT2D eigenvalue weighted by Crippen LogP contribution is 2.07. The topological polar surface area (TPSA) is 72.8 Å². The molecule has 14 heavy (non-hydrogen) atoms. The van der Waals surface area contributed by atoms with Crippen LogP contribution < -0.4 is 0 Å². The van der Waals surface area contributed by atoms with Gasteiger partial charge in [-0.3, -0.25) is 4.21 Å². The summed E-state index contributed by atoms with van der Waals surface area (Å²) in [4.78, 5) is 10.1. The molecule has 0 spiro atoms. The predicted molar refractivity (Wildman–Crippen MR) is 51.4 cm³/mol. The van der Waals surface area contributed by atoms with Crippen molar-refractivity contribution in [2.45, 2.75) is 13.5 Å². The molecule has 1 unspecified atom stereocenters. The molecule has 0 saturated heterocycles. The fraction of sp³-hybridized carbons (Fsp3) is 0.250. The number of rotatable bonds is 4. The Morgan fingerprint density at radius 3 is 2.43 bits per heavy atom. The van der Waals surface area contributed by atoms with Crippen molar-refractivity contribution in [2.24, 2.45) is 5.29 Å². The van der Waals surface area contributed by atoms with Crippen LogP contribution in [-0.4, -0.2) is 13.2 Å². The van der Waals surface area contributed by atoms with E-state index in [1.807, 2.05) is 19.1 Å². The average Bonchev–Trinajstić information content (AvgIpc) is 2.16. The quantitative estimate of drug-likeness (QED) is 0.429.